The lowest BCUT2D eigenvalue weighted by molar-refractivity contribution is 0.168. The Labute approximate surface area is 140 Å². The van der Waals surface area contributed by atoms with Gasteiger partial charge < -0.3 is 15.8 Å². The van der Waals surface area contributed by atoms with Gasteiger partial charge in [-0.15, -0.1) is 0 Å². The van der Waals surface area contributed by atoms with E-state index in [0.29, 0.717) is 24.7 Å². The number of benzene rings is 1. The third kappa shape index (κ3) is 3.52. The number of hydrogen-bond acceptors (Lipinski definition) is 6. The van der Waals surface area contributed by atoms with Gasteiger partial charge in [-0.3, -0.25) is 5.32 Å². The summed E-state index contributed by atoms with van der Waals surface area (Å²) in [6.07, 6.45) is 1.06. The summed E-state index contributed by atoms with van der Waals surface area (Å²) in [6.45, 7) is 2.57. The van der Waals surface area contributed by atoms with Crippen molar-refractivity contribution in [2.45, 2.75) is 13.0 Å². The number of pyridine rings is 1. The molecule has 0 saturated carbocycles. The monoisotopic (exact) mass is 325 g/mol. The molecule has 24 heavy (non-hydrogen) atoms. The second-order valence-corrected chi connectivity index (χ2v) is 5.28. The highest BCUT2D eigenvalue weighted by Crippen LogP contribution is 2.29. The number of nitrogens with two attached hydrogens (primary N) is 1. The molecule has 7 nitrogen and oxygen atoms in total. The maximum atomic E-state index is 11.5. The lowest BCUT2D eigenvalue weighted by Gasteiger charge is -2.12. The van der Waals surface area contributed by atoms with Crippen molar-refractivity contribution in [3.05, 3.63) is 48.2 Å². The second-order valence-electron chi connectivity index (χ2n) is 5.28. The van der Waals surface area contributed by atoms with Gasteiger partial charge in [0.1, 0.15) is 11.5 Å². The van der Waals surface area contributed by atoms with Crippen molar-refractivity contribution >= 4 is 29.0 Å². The van der Waals surface area contributed by atoms with Gasteiger partial charge in [0.15, 0.2) is 0 Å². The minimum absolute atomic E-state index is 0.249. The van der Waals surface area contributed by atoms with Gasteiger partial charge in [-0.1, -0.05) is 30.3 Å². The van der Waals surface area contributed by atoms with E-state index in [-0.39, 0.29) is 6.04 Å². The van der Waals surface area contributed by atoms with Crippen LogP contribution in [0.2, 0.25) is 0 Å². The molecule has 0 aliphatic carbocycles. The Kier molecular flexibility index (Phi) is 4.72. The molecule has 124 valence electrons. The van der Waals surface area contributed by atoms with Crippen LogP contribution in [-0.2, 0) is 4.74 Å². The summed E-state index contributed by atoms with van der Waals surface area (Å²) < 4.78 is 4.85. The first-order chi connectivity index (χ1) is 11.7. The Morgan fingerprint density at radius 2 is 2.21 bits per heavy atom. The summed E-state index contributed by atoms with van der Waals surface area (Å²) in [5.74, 6) is 0.395. The molecular weight excluding hydrogens is 306 g/mol. The smallest absolute Gasteiger partial charge is 0.412 e. The zero-order valence-electron chi connectivity index (χ0n) is 13.3. The molecule has 1 amide bonds. The second kappa shape index (κ2) is 7.10. The molecule has 2 aromatic rings. The zero-order chi connectivity index (χ0) is 16.9. The van der Waals surface area contributed by atoms with Crippen molar-refractivity contribution in [1.82, 2.24) is 4.98 Å². The van der Waals surface area contributed by atoms with Crippen molar-refractivity contribution in [3.8, 4) is 0 Å². The average molecular weight is 325 g/mol. The van der Waals surface area contributed by atoms with E-state index in [1.165, 1.54) is 0 Å². The normalized spacial score (nSPS) is 16.2. The zero-order valence-corrected chi connectivity index (χ0v) is 13.3. The maximum absolute atomic E-state index is 11.5. The van der Waals surface area contributed by atoms with Crippen LogP contribution >= 0.6 is 0 Å². The van der Waals surface area contributed by atoms with Crippen molar-refractivity contribution in [2.24, 2.45) is 10.7 Å². The molecule has 1 aromatic heterocycles. The fraction of sp³-hybridized carbons (Fsp3) is 0.235. The fourth-order valence-electron chi connectivity index (χ4n) is 2.44. The summed E-state index contributed by atoms with van der Waals surface area (Å²) >= 11 is 0. The van der Waals surface area contributed by atoms with E-state index in [0.717, 1.165) is 17.0 Å². The van der Waals surface area contributed by atoms with Gasteiger partial charge in [0.25, 0.3) is 0 Å². The van der Waals surface area contributed by atoms with E-state index in [9.17, 15) is 4.79 Å². The first-order valence-electron chi connectivity index (χ1n) is 7.74. The molecule has 3 rings (SSSR count). The first-order valence-corrected chi connectivity index (χ1v) is 7.74. The van der Waals surface area contributed by atoms with Gasteiger partial charge in [-0.2, -0.15) is 0 Å². The summed E-state index contributed by atoms with van der Waals surface area (Å²) in [7, 11) is 0. The molecule has 1 aliphatic heterocycles. The summed E-state index contributed by atoms with van der Waals surface area (Å²) in [5, 5.41) is 5.82. The Bertz CT molecular complexity index is 761. The van der Waals surface area contributed by atoms with Gasteiger partial charge in [0.2, 0.25) is 0 Å². The highest BCUT2D eigenvalue weighted by atomic mass is 16.5. The molecule has 4 N–H and O–H groups in total. The van der Waals surface area contributed by atoms with Gasteiger partial charge in [0.05, 0.1) is 30.2 Å². The molecule has 0 bridgehead atoms. The number of anilines is 2. The largest absolute Gasteiger partial charge is 0.450 e. The van der Waals surface area contributed by atoms with Crippen LogP contribution in [0, 0.1) is 0 Å². The Morgan fingerprint density at radius 1 is 1.42 bits per heavy atom. The molecular formula is C17H19N5O2. The molecule has 1 aromatic carbocycles. The van der Waals surface area contributed by atoms with Crippen molar-refractivity contribution in [1.29, 1.82) is 0 Å². The summed E-state index contributed by atoms with van der Waals surface area (Å²) in [4.78, 5) is 20.4. The SMILES string of the molecule is CCOC(=O)Nc1cc2c(cn1)N=C(c1ccccc1)C(N)CN2. The summed E-state index contributed by atoms with van der Waals surface area (Å²) in [5.41, 5.74) is 9.47. The van der Waals surface area contributed by atoms with Crippen LogP contribution in [0.3, 0.4) is 0 Å². The molecule has 1 aliphatic rings. The highest BCUT2D eigenvalue weighted by molar-refractivity contribution is 6.07. The van der Waals surface area contributed by atoms with Crippen LogP contribution in [0.15, 0.2) is 47.6 Å². The Hall–Kier alpha value is -2.93. The van der Waals surface area contributed by atoms with Crippen molar-refractivity contribution in [3.63, 3.8) is 0 Å². The third-order valence-corrected chi connectivity index (χ3v) is 3.56. The Morgan fingerprint density at radius 3 is 2.96 bits per heavy atom. The van der Waals surface area contributed by atoms with E-state index >= 15 is 0 Å². The van der Waals surface area contributed by atoms with Crippen LogP contribution in [0.25, 0.3) is 0 Å². The molecule has 0 spiro atoms. The molecule has 1 unspecified atom stereocenters. The van der Waals surface area contributed by atoms with E-state index in [4.69, 9.17) is 10.5 Å². The maximum Gasteiger partial charge on any atom is 0.412 e. The number of nitrogens with zero attached hydrogens (tertiary/aromatic N) is 2. The lowest BCUT2D eigenvalue weighted by atomic mass is 10.0. The van der Waals surface area contributed by atoms with Crippen molar-refractivity contribution < 1.29 is 9.53 Å². The highest BCUT2D eigenvalue weighted by Gasteiger charge is 2.19. The van der Waals surface area contributed by atoms with E-state index in [2.05, 4.69) is 20.6 Å². The lowest BCUT2D eigenvalue weighted by Crippen LogP contribution is -2.36. The minimum atomic E-state index is -0.538. The summed E-state index contributed by atoms with van der Waals surface area (Å²) in [6, 6.07) is 11.3. The van der Waals surface area contributed by atoms with Crippen LogP contribution < -0.4 is 16.4 Å². The molecule has 0 saturated heterocycles. The number of fused-ring (bicyclic) bond motifs is 1. The van der Waals surface area contributed by atoms with E-state index < -0.39 is 6.09 Å². The van der Waals surface area contributed by atoms with Crippen LogP contribution in [0.4, 0.5) is 22.0 Å². The number of ether oxygens (including phenoxy) is 1. The number of carbonyl (C=O) groups is 1. The number of rotatable bonds is 3. The predicted octanol–water partition coefficient (Wildman–Crippen LogP) is 2.52. The van der Waals surface area contributed by atoms with Gasteiger partial charge in [-0.05, 0) is 12.5 Å². The molecule has 2 heterocycles. The van der Waals surface area contributed by atoms with Crippen molar-refractivity contribution in [2.75, 3.05) is 23.8 Å². The number of amides is 1. The number of aliphatic imine (C=N–C) groups is 1. The average Bonchev–Trinajstić information content (AvgIpc) is 2.75. The minimum Gasteiger partial charge on any atom is -0.450 e. The molecule has 7 heteroatoms. The van der Waals surface area contributed by atoms with Gasteiger partial charge in [-0.25, -0.2) is 14.8 Å². The topological polar surface area (TPSA) is 102 Å². The van der Waals surface area contributed by atoms with Crippen LogP contribution in [0.5, 0.6) is 0 Å². The predicted molar refractivity (Wildman–Crippen MR) is 94.0 cm³/mol. The molecule has 0 fully saturated rings. The number of carbonyl (C=O) groups excluding carboxylic acids is 1. The first kappa shape index (κ1) is 15.9. The molecule has 0 radical (unpaired) electrons. The quantitative estimate of drug-likeness (QED) is 0.805. The van der Waals surface area contributed by atoms with Crippen LogP contribution in [-0.4, -0.2) is 36.0 Å². The van der Waals surface area contributed by atoms with Crippen LogP contribution in [0.1, 0.15) is 12.5 Å². The Balaban J connectivity index is 1.90. The third-order valence-electron chi connectivity index (χ3n) is 3.56. The molecule has 1 atom stereocenters. The number of nitrogens with one attached hydrogen (secondary N) is 2. The van der Waals surface area contributed by atoms with Gasteiger partial charge >= 0.3 is 6.09 Å². The fourth-order valence-corrected chi connectivity index (χ4v) is 2.44. The van der Waals surface area contributed by atoms with Gasteiger partial charge in [0, 0.05) is 12.6 Å². The van der Waals surface area contributed by atoms with E-state index in [1.807, 2.05) is 30.3 Å². The number of aromatic nitrogens is 1. The standard InChI is InChI=1S/C17H19N5O2/c1-2-24-17(23)22-15-8-13-14(10-20-15)21-16(12(18)9-19-13)11-6-4-3-5-7-11/h3-8,10,12,19H,2,9,18H2,1H3,(H,20,22,23). The number of hydrogen-bond donors (Lipinski definition) is 3. The van der Waals surface area contributed by atoms with E-state index in [1.54, 1.807) is 19.2 Å².